The number of carbonyl (C=O) groups excluding carboxylic acids is 1. The van der Waals surface area contributed by atoms with E-state index < -0.39 is 13.1 Å². The van der Waals surface area contributed by atoms with E-state index in [-0.39, 0.29) is 18.8 Å². The Balaban J connectivity index is 4.75. The van der Waals surface area contributed by atoms with Gasteiger partial charge in [0.2, 0.25) is 0 Å². The van der Waals surface area contributed by atoms with Crippen molar-refractivity contribution in [2.75, 3.05) is 13.2 Å². The van der Waals surface area contributed by atoms with Crippen molar-refractivity contribution >= 4 is 13.1 Å². The van der Waals surface area contributed by atoms with Crippen LogP contribution < -0.4 is 0 Å². The lowest BCUT2D eigenvalue weighted by Crippen LogP contribution is -2.07. The Morgan fingerprint density at radius 3 is 1.93 bits per heavy atom. The molecule has 84 valence electrons. The second kappa shape index (κ2) is 6.51. The summed E-state index contributed by atoms with van der Waals surface area (Å²) >= 11 is 0. The second-order valence-electron chi connectivity index (χ2n) is 2.75. The predicted octanol–water partition coefficient (Wildman–Crippen LogP) is 2.69. The molecule has 0 saturated heterocycles. The molecule has 0 aliphatic heterocycles. The van der Waals surface area contributed by atoms with Crippen LogP contribution in [0.2, 0.25) is 0 Å². The van der Waals surface area contributed by atoms with Crippen LogP contribution in [-0.4, -0.2) is 18.7 Å². The zero-order valence-electron chi connectivity index (χ0n) is 8.77. The molecule has 0 heterocycles. The first-order chi connectivity index (χ1) is 6.98. The van der Waals surface area contributed by atoms with Crippen molar-refractivity contribution in [1.29, 1.82) is 0 Å². The lowest BCUT2D eigenvalue weighted by Gasteiger charge is -2.15. The zero-order valence-corrected chi connectivity index (χ0v) is 9.66. The third-order valence-corrected chi connectivity index (χ3v) is 3.20. The molecule has 0 radical (unpaired) electrons. The van der Waals surface area contributed by atoms with Gasteiger partial charge in [-0.3, -0.25) is 18.4 Å². The highest BCUT2D eigenvalue weighted by molar-refractivity contribution is 7.72. The van der Waals surface area contributed by atoms with E-state index in [1.54, 1.807) is 0 Å². The fourth-order valence-corrected chi connectivity index (χ4v) is 2.07. The molecule has 0 unspecified atom stereocenters. The Bertz CT molecular complexity index is 303. The smallest absolute Gasteiger partial charge is 0.299 e. The summed E-state index contributed by atoms with van der Waals surface area (Å²) in [6.45, 7) is 11.6. The van der Waals surface area contributed by atoms with Crippen molar-refractivity contribution < 1.29 is 18.4 Å². The van der Waals surface area contributed by atoms with Crippen LogP contribution in [0.1, 0.15) is 6.92 Å². The number of carbonyl (C=O) groups is 1. The van der Waals surface area contributed by atoms with Gasteiger partial charge in [-0.25, -0.2) is 0 Å². The van der Waals surface area contributed by atoms with Crippen LogP contribution >= 0.6 is 7.60 Å². The molecule has 0 aromatic rings. The first-order valence-corrected chi connectivity index (χ1v) is 5.83. The number of allylic oxidation sites excluding steroid dienone is 1. The van der Waals surface area contributed by atoms with E-state index in [0.29, 0.717) is 0 Å². The molecular weight excluding hydrogens is 215 g/mol. The molecule has 0 N–H and O–H groups in total. The third-order valence-electron chi connectivity index (χ3n) is 1.34. The normalized spacial score (nSPS) is 10.7. The van der Waals surface area contributed by atoms with Gasteiger partial charge in [-0.15, -0.1) is 13.2 Å². The van der Waals surface area contributed by atoms with Gasteiger partial charge >= 0.3 is 7.60 Å². The van der Waals surface area contributed by atoms with E-state index in [9.17, 15) is 9.36 Å². The summed E-state index contributed by atoms with van der Waals surface area (Å²) in [5.41, 5.74) is -0.586. The van der Waals surface area contributed by atoms with E-state index in [0.717, 1.165) is 0 Å². The molecule has 0 aromatic heterocycles. The van der Waals surface area contributed by atoms with Crippen LogP contribution in [0.4, 0.5) is 0 Å². The fourth-order valence-electron chi connectivity index (χ4n) is 0.690. The van der Waals surface area contributed by atoms with Crippen LogP contribution in [0.25, 0.3) is 0 Å². The fraction of sp³-hybridized carbons (Fsp3) is 0.300. The van der Waals surface area contributed by atoms with Gasteiger partial charge in [0.05, 0.1) is 13.2 Å². The maximum absolute atomic E-state index is 11.9. The van der Waals surface area contributed by atoms with Crippen molar-refractivity contribution in [2.45, 2.75) is 6.92 Å². The van der Waals surface area contributed by atoms with Gasteiger partial charge in [0.15, 0.2) is 0 Å². The molecule has 5 heteroatoms. The molecule has 0 aliphatic rings. The van der Waals surface area contributed by atoms with Gasteiger partial charge in [0.1, 0.15) is 0 Å². The molecule has 0 atom stereocenters. The van der Waals surface area contributed by atoms with Gasteiger partial charge in [-0.1, -0.05) is 18.7 Å². The van der Waals surface area contributed by atoms with Crippen molar-refractivity contribution in [3.8, 4) is 0 Å². The van der Waals surface area contributed by atoms with Crippen LogP contribution in [0.5, 0.6) is 0 Å². The standard InChI is InChI=1S/C10H15O4P/c1-5-7-13-15(12,14-8-6-2)10(11)9(3)4/h5-6H,1-3,7-8H2,4H3. The maximum atomic E-state index is 11.9. The van der Waals surface area contributed by atoms with Gasteiger partial charge in [0.25, 0.3) is 5.52 Å². The minimum absolute atomic E-state index is 0.0204. The van der Waals surface area contributed by atoms with E-state index in [1.165, 1.54) is 19.1 Å². The summed E-state index contributed by atoms with van der Waals surface area (Å²) in [7, 11) is -3.78. The molecule has 0 rings (SSSR count). The highest BCUT2D eigenvalue weighted by Gasteiger charge is 2.34. The molecule has 0 spiro atoms. The summed E-state index contributed by atoms with van der Waals surface area (Å²) in [4.78, 5) is 11.5. The Morgan fingerprint density at radius 2 is 1.67 bits per heavy atom. The Hall–Kier alpha value is -0.960. The van der Waals surface area contributed by atoms with Crippen LogP contribution in [0, 0.1) is 0 Å². The Morgan fingerprint density at radius 1 is 1.27 bits per heavy atom. The van der Waals surface area contributed by atoms with E-state index in [2.05, 4.69) is 19.7 Å². The van der Waals surface area contributed by atoms with Crippen molar-refractivity contribution in [2.24, 2.45) is 0 Å². The molecule has 4 nitrogen and oxygen atoms in total. The summed E-state index contributed by atoms with van der Waals surface area (Å²) in [5, 5.41) is 0. The van der Waals surface area contributed by atoms with E-state index in [1.807, 2.05) is 0 Å². The number of rotatable bonds is 8. The highest BCUT2D eigenvalue weighted by Crippen LogP contribution is 2.50. The monoisotopic (exact) mass is 230 g/mol. The molecule has 0 aromatic carbocycles. The predicted molar refractivity (Wildman–Crippen MR) is 59.7 cm³/mol. The SMILES string of the molecule is C=CCOP(=O)(OCC=C)C(=O)C(=C)C. The summed E-state index contributed by atoms with van der Waals surface area (Å²) in [6, 6.07) is 0. The average molecular weight is 230 g/mol. The third kappa shape index (κ3) is 4.38. The van der Waals surface area contributed by atoms with Crippen LogP contribution in [0.3, 0.4) is 0 Å². The largest absolute Gasteiger partial charge is 0.401 e. The number of hydrogen-bond donors (Lipinski definition) is 0. The van der Waals surface area contributed by atoms with E-state index in [4.69, 9.17) is 9.05 Å². The Labute approximate surface area is 89.8 Å². The lowest BCUT2D eigenvalue weighted by atomic mass is 10.4. The molecule has 0 amide bonds. The van der Waals surface area contributed by atoms with Crippen LogP contribution in [-0.2, 0) is 18.4 Å². The molecule has 0 saturated carbocycles. The topological polar surface area (TPSA) is 52.6 Å². The maximum Gasteiger partial charge on any atom is 0.401 e. The summed E-state index contributed by atoms with van der Waals surface area (Å²) in [5.74, 6) is 0. The van der Waals surface area contributed by atoms with Crippen molar-refractivity contribution in [3.63, 3.8) is 0 Å². The average Bonchev–Trinajstić information content (AvgIpc) is 2.22. The molecule has 0 fully saturated rings. The lowest BCUT2D eigenvalue weighted by molar-refractivity contribution is -0.110. The molecule has 0 bridgehead atoms. The van der Waals surface area contributed by atoms with Gasteiger partial charge in [-0.2, -0.15) is 0 Å². The molecule has 15 heavy (non-hydrogen) atoms. The van der Waals surface area contributed by atoms with Gasteiger partial charge < -0.3 is 0 Å². The first-order valence-electron chi connectivity index (χ1n) is 4.29. The second-order valence-corrected chi connectivity index (χ2v) is 4.67. The highest BCUT2D eigenvalue weighted by atomic mass is 31.2. The van der Waals surface area contributed by atoms with Gasteiger partial charge in [0, 0.05) is 0 Å². The van der Waals surface area contributed by atoms with Crippen molar-refractivity contribution in [1.82, 2.24) is 0 Å². The minimum atomic E-state index is -3.78. The summed E-state index contributed by atoms with van der Waals surface area (Å²) in [6.07, 6.45) is 2.77. The Kier molecular flexibility index (Phi) is 6.09. The molecule has 0 aliphatic carbocycles. The van der Waals surface area contributed by atoms with E-state index >= 15 is 0 Å². The van der Waals surface area contributed by atoms with Gasteiger partial charge in [-0.05, 0) is 12.5 Å². The summed E-state index contributed by atoms with van der Waals surface area (Å²) < 4.78 is 21.6. The van der Waals surface area contributed by atoms with Crippen LogP contribution in [0.15, 0.2) is 37.5 Å². The first kappa shape index (κ1) is 14.0. The quantitative estimate of drug-likeness (QED) is 0.365. The molecular formula is C10H15O4P. The zero-order chi connectivity index (χ0) is 11.9. The van der Waals surface area contributed by atoms with Crippen molar-refractivity contribution in [3.05, 3.63) is 37.5 Å². The minimum Gasteiger partial charge on any atom is -0.299 e. The number of hydrogen-bond acceptors (Lipinski definition) is 4.